The average Bonchev–Trinajstić information content (AvgIpc) is 3.03. The van der Waals surface area contributed by atoms with E-state index in [0.717, 1.165) is 0 Å². The Morgan fingerprint density at radius 2 is 1.82 bits per heavy atom. The SMILES string of the molecule is Cl.NC1C(=O)N(c2ccccc2F)c2cc3c(cc21)OCO3. The van der Waals surface area contributed by atoms with Crippen molar-refractivity contribution in [3.8, 4) is 11.5 Å². The zero-order chi connectivity index (χ0) is 14.6. The van der Waals surface area contributed by atoms with Crippen LogP contribution in [0.5, 0.6) is 11.5 Å². The van der Waals surface area contributed by atoms with Gasteiger partial charge in [0.05, 0.1) is 11.4 Å². The summed E-state index contributed by atoms with van der Waals surface area (Å²) in [6, 6.07) is 8.59. The number of benzene rings is 2. The first kappa shape index (κ1) is 14.6. The van der Waals surface area contributed by atoms with Gasteiger partial charge >= 0.3 is 0 Å². The summed E-state index contributed by atoms with van der Waals surface area (Å²) < 4.78 is 24.6. The quantitative estimate of drug-likeness (QED) is 0.876. The van der Waals surface area contributed by atoms with Gasteiger partial charge in [-0.25, -0.2) is 4.39 Å². The van der Waals surface area contributed by atoms with Crippen LogP contribution in [0, 0.1) is 5.82 Å². The van der Waals surface area contributed by atoms with Crippen LogP contribution in [0.3, 0.4) is 0 Å². The van der Waals surface area contributed by atoms with Crippen LogP contribution in [0.2, 0.25) is 0 Å². The Labute approximate surface area is 131 Å². The number of rotatable bonds is 1. The molecule has 0 aromatic heterocycles. The van der Waals surface area contributed by atoms with Crippen molar-refractivity contribution in [2.24, 2.45) is 5.73 Å². The average molecular weight is 323 g/mol. The minimum atomic E-state index is -0.839. The fourth-order valence-corrected chi connectivity index (χ4v) is 2.66. The topological polar surface area (TPSA) is 64.8 Å². The Morgan fingerprint density at radius 1 is 1.14 bits per heavy atom. The molecule has 1 unspecified atom stereocenters. The molecule has 2 N–H and O–H groups in total. The molecule has 114 valence electrons. The Hall–Kier alpha value is -2.31. The summed E-state index contributed by atoms with van der Waals surface area (Å²) in [6.07, 6.45) is 0. The number of carbonyl (C=O) groups is 1. The van der Waals surface area contributed by atoms with E-state index in [1.807, 2.05) is 0 Å². The molecule has 1 amide bonds. The number of nitrogens with two attached hydrogens (primary N) is 1. The number of para-hydroxylation sites is 1. The summed E-state index contributed by atoms with van der Waals surface area (Å²) in [5.74, 6) is 0.215. The van der Waals surface area contributed by atoms with Gasteiger partial charge in [0.15, 0.2) is 11.5 Å². The second-order valence-corrected chi connectivity index (χ2v) is 4.87. The third-order valence-electron chi connectivity index (χ3n) is 3.68. The highest BCUT2D eigenvalue weighted by Gasteiger charge is 2.38. The van der Waals surface area contributed by atoms with E-state index in [1.165, 1.54) is 11.0 Å². The van der Waals surface area contributed by atoms with Crippen LogP contribution in [0.25, 0.3) is 0 Å². The van der Waals surface area contributed by atoms with Crippen LogP contribution in [-0.2, 0) is 4.79 Å². The van der Waals surface area contributed by atoms with Crippen molar-refractivity contribution < 1.29 is 18.7 Å². The number of fused-ring (bicyclic) bond motifs is 2. The van der Waals surface area contributed by atoms with Crippen molar-refractivity contribution in [3.63, 3.8) is 0 Å². The monoisotopic (exact) mass is 322 g/mol. The molecule has 5 nitrogen and oxygen atoms in total. The highest BCUT2D eigenvalue weighted by atomic mass is 35.5. The van der Waals surface area contributed by atoms with Crippen LogP contribution in [0.15, 0.2) is 36.4 Å². The first-order valence-corrected chi connectivity index (χ1v) is 6.44. The number of halogens is 2. The van der Waals surface area contributed by atoms with Gasteiger partial charge < -0.3 is 15.2 Å². The van der Waals surface area contributed by atoms with E-state index in [0.29, 0.717) is 22.7 Å². The summed E-state index contributed by atoms with van der Waals surface area (Å²) in [6.45, 7) is 0.126. The van der Waals surface area contributed by atoms with Crippen molar-refractivity contribution in [3.05, 3.63) is 47.8 Å². The number of carbonyl (C=O) groups excluding carboxylic acids is 1. The summed E-state index contributed by atoms with van der Waals surface area (Å²) in [5, 5.41) is 0. The highest BCUT2D eigenvalue weighted by molar-refractivity contribution is 6.10. The Morgan fingerprint density at radius 3 is 2.55 bits per heavy atom. The Bertz CT molecular complexity index is 768. The van der Waals surface area contributed by atoms with E-state index >= 15 is 0 Å². The molecule has 2 heterocycles. The number of anilines is 2. The number of ether oxygens (including phenoxy) is 2. The van der Waals surface area contributed by atoms with Gasteiger partial charge in [0, 0.05) is 11.6 Å². The van der Waals surface area contributed by atoms with E-state index in [2.05, 4.69) is 0 Å². The van der Waals surface area contributed by atoms with E-state index in [1.54, 1.807) is 30.3 Å². The number of amides is 1. The molecule has 0 aliphatic carbocycles. The summed E-state index contributed by atoms with van der Waals surface area (Å²) in [4.78, 5) is 13.7. The normalized spacial score (nSPS) is 18.2. The smallest absolute Gasteiger partial charge is 0.253 e. The molecule has 0 saturated heterocycles. The third kappa shape index (κ3) is 1.92. The second-order valence-electron chi connectivity index (χ2n) is 4.87. The molecule has 0 bridgehead atoms. The lowest BCUT2D eigenvalue weighted by Crippen LogP contribution is -2.28. The lowest BCUT2D eigenvalue weighted by Gasteiger charge is -2.18. The van der Waals surface area contributed by atoms with Crippen LogP contribution >= 0.6 is 12.4 Å². The maximum Gasteiger partial charge on any atom is 0.253 e. The summed E-state index contributed by atoms with van der Waals surface area (Å²) in [5.41, 5.74) is 7.26. The zero-order valence-corrected chi connectivity index (χ0v) is 12.1. The Kier molecular flexibility index (Phi) is 3.42. The van der Waals surface area contributed by atoms with Crippen molar-refractivity contribution in [1.29, 1.82) is 0 Å². The van der Waals surface area contributed by atoms with E-state index in [4.69, 9.17) is 15.2 Å². The standard InChI is InChI=1S/C15H11FN2O3.ClH/c16-9-3-1-2-4-10(9)18-11-6-13-12(20-7-21-13)5-8(11)14(17)15(18)19;/h1-6,14H,7,17H2;1H. The predicted octanol–water partition coefficient (Wildman–Crippen LogP) is 2.65. The molecule has 0 radical (unpaired) electrons. The van der Waals surface area contributed by atoms with Gasteiger partial charge in [0.25, 0.3) is 5.91 Å². The number of nitrogens with zero attached hydrogens (tertiary/aromatic N) is 1. The fraction of sp³-hybridized carbons (Fsp3) is 0.133. The van der Waals surface area contributed by atoms with Gasteiger partial charge in [-0.1, -0.05) is 12.1 Å². The maximum absolute atomic E-state index is 14.0. The zero-order valence-electron chi connectivity index (χ0n) is 11.3. The molecule has 0 saturated carbocycles. The van der Waals surface area contributed by atoms with Crippen molar-refractivity contribution in [1.82, 2.24) is 0 Å². The molecule has 7 heteroatoms. The van der Waals surface area contributed by atoms with Gasteiger partial charge in [-0.3, -0.25) is 9.69 Å². The summed E-state index contributed by atoms with van der Waals surface area (Å²) >= 11 is 0. The minimum Gasteiger partial charge on any atom is -0.454 e. The fourth-order valence-electron chi connectivity index (χ4n) is 2.66. The molecule has 2 aliphatic rings. The van der Waals surface area contributed by atoms with Crippen LogP contribution in [0.4, 0.5) is 15.8 Å². The first-order chi connectivity index (χ1) is 10.2. The largest absolute Gasteiger partial charge is 0.454 e. The number of hydrogen-bond donors (Lipinski definition) is 1. The van der Waals surface area contributed by atoms with Gasteiger partial charge in [-0.15, -0.1) is 12.4 Å². The van der Waals surface area contributed by atoms with Gasteiger partial charge in [0.1, 0.15) is 11.9 Å². The van der Waals surface area contributed by atoms with Gasteiger partial charge in [-0.05, 0) is 18.2 Å². The van der Waals surface area contributed by atoms with Crippen LogP contribution in [-0.4, -0.2) is 12.7 Å². The predicted molar refractivity (Wildman–Crippen MR) is 80.3 cm³/mol. The van der Waals surface area contributed by atoms with Crippen LogP contribution in [0.1, 0.15) is 11.6 Å². The van der Waals surface area contributed by atoms with E-state index in [9.17, 15) is 9.18 Å². The van der Waals surface area contributed by atoms with Crippen molar-refractivity contribution in [2.75, 3.05) is 11.7 Å². The molecule has 2 aromatic rings. The molecule has 1 atom stereocenters. The Balaban J connectivity index is 0.00000144. The van der Waals surface area contributed by atoms with E-state index < -0.39 is 11.9 Å². The number of hydrogen-bond acceptors (Lipinski definition) is 4. The van der Waals surface area contributed by atoms with E-state index in [-0.39, 0.29) is 30.8 Å². The summed E-state index contributed by atoms with van der Waals surface area (Å²) in [7, 11) is 0. The molecule has 2 aliphatic heterocycles. The molecular weight excluding hydrogens is 311 g/mol. The lowest BCUT2D eigenvalue weighted by molar-refractivity contribution is -0.118. The van der Waals surface area contributed by atoms with Crippen molar-refractivity contribution in [2.45, 2.75) is 6.04 Å². The van der Waals surface area contributed by atoms with Crippen molar-refractivity contribution >= 4 is 29.7 Å². The molecule has 4 rings (SSSR count). The minimum absolute atomic E-state index is 0. The highest BCUT2D eigenvalue weighted by Crippen LogP contribution is 2.47. The molecule has 0 fully saturated rings. The molecule has 2 aromatic carbocycles. The molecule has 0 spiro atoms. The van der Waals surface area contributed by atoms with Gasteiger partial charge in [-0.2, -0.15) is 0 Å². The molecular formula is C15H12ClFN2O3. The first-order valence-electron chi connectivity index (χ1n) is 6.44. The lowest BCUT2D eigenvalue weighted by atomic mass is 10.1. The third-order valence-corrected chi connectivity index (χ3v) is 3.68. The second kappa shape index (κ2) is 5.15. The van der Waals surface area contributed by atoms with Crippen LogP contribution < -0.4 is 20.1 Å². The maximum atomic E-state index is 14.0. The van der Waals surface area contributed by atoms with Gasteiger partial charge in [0.2, 0.25) is 6.79 Å². The molecule has 22 heavy (non-hydrogen) atoms.